The molecule has 0 aliphatic rings. The Bertz CT molecular complexity index is 6170. The average molecular weight is 1300 g/mol. The van der Waals surface area contributed by atoms with Crippen molar-refractivity contribution in [2.75, 3.05) is 5.73 Å². The van der Waals surface area contributed by atoms with Gasteiger partial charge in [-0.3, -0.25) is 0 Å². The molecule has 97 heavy (non-hydrogen) atoms. The molecule has 0 bridgehead atoms. The Labute approximate surface area is 584 Å². The molecule has 1 aromatic rings. The summed E-state index contributed by atoms with van der Waals surface area (Å²) in [6.07, 6.45) is 1.11. The van der Waals surface area contributed by atoms with E-state index < -0.39 is 0 Å². The number of nitrogen functional groups attached to an aromatic ring is 1. The molecule has 0 saturated heterocycles. The molecular weight excluding hydrogens is 1290 g/mol. The second-order valence-electron chi connectivity index (χ2n) is 12.5. The van der Waals surface area contributed by atoms with Gasteiger partial charge in [0.2, 0.25) is 0 Å². The Morgan fingerprint density at radius 2 is 0.299 bits per heavy atom. The molecule has 406 valence electrons. The number of halogens is 2. The second-order valence-corrected chi connectivity index (χ2v) is 13.7. The Morgan fingerprint density at radius 3 is 0.371 bits per heavy atom. The lowest BCUT2D eigenvalue weighted by Crippen LogP contribution is -1.91. The Kier molecular flexibility index (Phi) is 56.8. The summed E-state index contributed by atoms with van der Waals surface area (Å²) in [5.41, 5.74) is 5.24. The van der Waals surface area contributed by atoms with Crippen molar-refractivity contribution in [1.82, 2.24) is 4.98 Å². The van der Waals surface area contributed by atoms with Crippen molar-refractivity contribution < 1.29 is 4.39 Å². The number of anilines is 1. The molecule has 0 saturated carbocycles. The van der Waals surface area contributed by atoms with Gasteiger partial charge in [-0.25, -0.2) is 9.37 Å². The van der Waals surface area contributed by atoms with E-state index in [1.807, 2.05) is 22.6 Å². The number of hydrogen-bond donors (Lipinski definition) is 1. The molecule has 1 rings (SSSR count). The number of aromatic nitrogens is 1. The zero-order chi connectivity index (χ0) is 69.7. The first-order chi connectivity index (χ1) is 48.1. The molecule has 0 atom stereocenters. The first-order valence-electron chi connectivity index (χ1n) is 24.5. The molecule has 0 fully saturated rings. The van der Waals surface area contributed by atoms with E-state index in [0.717, 1.165) is 6.20 Å². The highest BCUT2D eigenvalue weighted by Gasteiger charge is 1.96. The van der Waals surface area contributed by atoms with Gasteiger partial charge in [-0.2, -0.15) is 0 Å². The zero-order valence-electron chi connectivity index (χ0n) is 49.4. The quantitative estimate of drug-likeness (QED) is 0.321. The maximum absolute atomic E-state index is 12.4. The first kappa shape index (κ1) is 77.7. The van der Waals surface area contributed by atoms with Crippen LogP contribution in [-0.2, 0) is 0 Å². The van der Waals surface area contributed by atoms with Crippen LogP contribution >= 0.6 is 22.6 Å². The number of hydrogen-bond acceptors (Lipinski definition) is 2. The third-order valence-corrected chi connectivity index (χ3v) is 7.09. The topological polar surface area (TPSA) is 38.9 Å². The van der Waals surface area contributed by atoms with Crippen LogP contribution in [0.5, 0.6) is 0 Å². The number of nitrogens with zero attached hydrogens (tertiary/aromatic N) is 1. The monoisotopic (exact) mass is 1300 g/mol. The molecule has 2 N–H and O–H groups in total. The average Bonchev–Trinajstić information content (AvgIpc) is 1.30. The Morgan fingerprint density at radius 1 is 0.206 bits per heavy atom. The van der Waals surface area contributed by atoms with Crippen LogP contribution in [0.15, 0.2) is 12.3 Å². The molecule has 1 aromatic heterocycles. The predicted octanol–water partition coefficient (Wildman–Crippen LogP) is 2.58. The number of pyridine rings is 1. The van der Waals surface area contributed by atoms with Crippen molar-refractivity contribution >= 4 is 28.4 Å². The molecule has 0 aliphatic heterocycles. The van der Waals surface area contributed by atoms with E-state index in [1.54, 1.807) is 13.8 Å². The minimum absolute atomic E-state index is 0.329. The van der Waals surface area contributed by atoms with Crippen LogP contribution < -0.4 is 5.73 Å². The van der Waals surface area contributed by atoms with E-state index in [1.165, 1.54) is 6.07 Å². The zero-order valence-corrected chi connectivity index (χ0v) is 51.6. The van der Waals surface area contributed by atoms with Crippen molar-refractivity contribution in [3.8, 4) is 509 Å². The third kappa shape index (κ3) is 69.1. The predicted molar refractivity (Wildman–Crippen MR) is 387 cm³/mol. The van der Waals surface area contributed by atoms with Gasteiger partial charge in [0.15, 0.2) is 5.82 Å². The molecule has 0 radical (unpaired) electrons. The second kappa shape index (κ2) is 71.0. The summed E-state index contributed by atoms with van der Waals surface area (Å²) in [6.45, 7) is 3.37. The lowest BCUT2D eigenvalue weighted by molar-refractivity contribution is 0.614. The first-order valence-corrected chi connectivity index (χ1v) is 25.6. The molecule has 0 unspecified atom stereocenters. The fourth-order valence-electron chi connectivity index (χ4n) is 3.12. The number of rotatable bonds is 0. The van der Waals surface area contributed by atoms with Crippen LogP contribution in [0.3, 0.4) is 0 Å². The minimum Gasteiger partial charge on any atom is -0.384 e. The van der Waals surface area contributed by atoms with Gasteiger partial charge in [-0.15, -0.1) is 0 Å². The lowest BCUT2D eigenvalue weighted by atomic mass is 10.4. The molecule has 1 heterocycles. The van der Waals surface area contributed by atoms with Gasteiger partial charge in [-0.05, 0) is 137 Å². The highest BCUT2D eigenvalue weighted by Crippen LogP contribution is 2.10. The van der Waals surface area contributed by atoms with E-state index in [-0.39, 0.29) is 5.82 Å². The molecule has 4 heteroatoms. The van der Waals surface area contributed by atoms with E-state index in [4.69, 9.17) is 5.73 Å². The molecular formula is C93H10FIN2. The van der Waals surface area contributed by atoms with Crippen LogP contribution in [0.25, 0.3) is 0 Å². The van der Waals surface area contributed by atoms with E-state index >= 15 is 0 Å². The molecule has 0 amide bonds. The third-order valence-electron chi connectivity index (χ3n) is 6.27. The van der Waals surface area contributed by atoms with Gasteiger partial charge in [0.05, 0.1) is 9.77 Å². The van der Waals surface area contributed by atoms with Crippen LogP contribution in [-0.4, -0.2) is 4.98 Å². The van der Waals surface area contributed by atoms with Gasteiger partial charge in [0, 0.05) is 403 Å². The SMILES string of the molecule is CC#CC#CC#CC#CC#CC#CC#CC#CC#CC#CC#CC#CC#CC#CC#CC#CC#CC#CC#CC#CC#CC#CC#CC#CC#CC#CC#CC#CC#CC#CC#CC#CC#CC#CC#CC#CC#CC#CC#CC#CC#CC#CC#CC.Nc1cc(I)c(F)cn1. The van der Waals surface area contributed by atoms with Crippen molar-refractivity contribution in [2.24, 2.45) is 0 Å². The highest BCUT2D eigenvalue weighted by atomic mass is 127. The van der Waals surface area contributed by atoms with Gasteiger partial charge >= 0.3 is 0 Å². The van der Waals surface area contributed by atoms with Crippen molar-refractivity contribution in [3.05, 3.63) is 21.7 Å². The largest absolute Gasteiger partial charge is 0.384 e. The van der Waals surface area contributed by atoms with Gasteiger partial charge in [-0.1, -0.05) is 11.8 Å². The van der Waals surface area contributed by atoms with Crippen LogP contribution in [0.4, 0.5) is 10.2 Å². The Hall–Kier alpha value is -19.3. The molecule has 2 nitrogen and oxygen atoms in total. The van der Waals surface area contributed by atoms with Crippen molar-refractivity contribution in [1.29, 1.82) is 0 Å². The maximum Gasteiger partial charge on any atom is 0.154 e. The van der Waals surface area contributed by atoms with E-state index in [0.29, 0.717) is 9.39 Å². The standard InChI is InChI=1S/C88H6.C5H4FIN2/c1-3-5-7-9-11-13-15-17-19-21-23-25-27-29-31-33-35-37-39-41-43-45-47-49-51-53-55-57-59-61-63-65-67-69-71-73-75-77-79-81-83-85-87-88-86-84-82-80-78-76-74-72-70-68-66-64-62-60-58-56-54-52-50-48-46-44-42-40-38-36-34-32-30-28-26-24-22-20-18-16-14-12-10-8-6-4-2;6-3-2-9-5(8)1-4(3)7/h1-2H3;1-2H,(H2,8,9). The molecule has 0 aromatic carbocycles. The van der Waals surface area contributed by atoms with Gasteiger partial charge in [0.1, 0.15) is 5.82 Å². The maximum atomic E-state index is 12.4. The van der Waals surface area contributed by atoms with E-state index in [2.05, 4.69) is 514 Å². The summed E-state index contributed by atoms with van der Waals surface area (Å²) in [7, 11) is 0. The van der Waals surface area contributed by atoms with Crippen LogP contribution in [0, 0.1) is 519 Å². The molecule has 0 aliphatic carbocycles. The van der Waals surface area contributed by atoms with Crippen molar-refractivity contribution in [2.45, 2.75) is 13.8 Å². The summed E-state index contributed by atoms with van der Waals surface area (Å²) >= 11 is 1.85. The van der Waals surface area contributed by atoms with Crippen molar-refractivity contribution in [3.63, 3.8) is 0 Å². The fraction of sp³-hybridized carbons (Fsp3) is 0.0215. The van der Waals surface area contributed by atoms with E-state index in [9.17, 15) is 4.39 Å². The summed E-state index contributed by atoms with van der Waals surface area (Å²) in [5, 5.41) is 0. The van der Waals surface area contributed by atoms with Gasteiger partial charge < -0.3 is 5.73 Å². The number of nitrogens with two attached hydrogens (primary N) is 1. The summed E-state index contributed by atoms with van der Waals surface area (Å²) < 4.78 is 12.9. The summed E-state index contributed by atoms with van der Waals surface area (Å²) in [6, 6.07) is 1.48. The summed E-state index contributed by atoms with van der Waals surface area (Å²) in [4.78, 5) is 3.54. The minimum atomic E-state index is -0.329. The fourth-order valence-corrected chi connectivity index (χ4v) is 3.57. The summed E-state index contributed by atoms with van der Waals surface area (Å²) in [5.74, 6) is 216. The normalized spacial score (nSPS) is 4.49. The Balaban J connectivity index is 0.00000938. The smallest absolute Gasteiger partial charge is 0.154 e. The molecule has 0 spiro atoms. The van der Waals surface area contributed by atoms with Crippen LogP contribution in [0.1, 0.15) is 13.8 Å². The lowest BCUT2D eigenvalue weighted by Gasteiger charge is -1.92. The highest BCUT2D eigenvalue weighted by molar-refractivity contribution is 14.1. The van der Waals surface area contributed by atoms with Gasteiger partial charge in [0.25, 0.3) is 0 Å². The van der Waals surface area contributed by atoms with Crippen LogP contribution in [0.2, 0.25) is 0 Å².